The van der Waals surface area contributed by atoms with Gasteiger partial charge in [0.2, 0.25) is 11.8 Å². The van der Waals surface area contributed by atoms with Crippen molar-refractivity contribution in [3.05, 3.63) is 93.8 Å². The maximum atomic E-state index is 13.4. The molecule has 2 N–H and O–H groups in total. The van der Waals surface area contributed by atoms with Crippen molar-refractivity contribution < 1.29 is 9.59 Å². The molecule has 1 unspecified atom stereocenters. The van der Waals surface area contributed by atoms with E-state index in [1.54, 1.807) is 12.1 Å². The van der Waals surface area contributed by atoms with E-state index in [0.717, 1.165) is 34.6 Å². The second-order valence-electron chi connectivity index (χ2n) is 8.36. The molecule has 182 valence electrons. The Bertz CT molecular complexity index is 1410. The number of nitrogens with zero attached hydrogens (tertiary/aromatic N) is 1. The van der Waals surface area contributed by atoms with Gasteiger partial charge in [-0.2, -0.15) is 0 Å². The van der Waals surface area contributed by atoms with Crippen LogP contribution >= 0.6 is 46.3 Å². The van der Waals surface area contributed by atoms with Crippen molar-refractivity contribution in [2.45, 2.75) is 23.0 Å². The molecule has 4 aromatic rings. The van der Waals surface area contributed by atoms with Gasteiger partial charge in [-0.05, 0) is 48.7 Å². The minimum atomic E-state index is -0.516. The molecule has 2 amide bonds. The van der Waals surface area contributed by atoms with Crippen LogP contribution in [0.25, 0.3) is 11.3 Å². The van der Waals surface area contributed by atoms with Gasteiger partial charge in [-0.3, -0.25) is 9.59 Å². The number of nitrogens with one attached hydrogen (secondary N) is 2. The largest absolute Gasteiger partial charge is 0.326 e. The molecule has 0 bridgehead atoms. The van der Waals surface area contributed by atoms with Crippen molar-refractivity contribution in [2.75, 3.05) is 10.6 Å². The Morgan fingerprint density at radius 1 is 0.944 bits per heavy atom. The van der Waals surface area contributed by atoms with Crippen LogP contribution in [0.1, 0.15) is 23.7 Å². The summed E-state index contributed by atoms with van der Waals surface area (Å²) in [5.41, 5.74) is 3.13. The van der Waals surface area contributed by atoms with E-state index >= 15 is 0 Å². The predicted octanol–water partition coefficient (Wildman–Crippen LogP) is 7.94. The molecule has 1 saturated carbocycles. The van der Waals surface area contributed by atoms with Crippen molar-refractivity contribution in [3.8, 4) is 11.3 Å². The first kappa shape index (κ1) is 24.8. The summed E-state index contributed by atoms with van der Waals surface area (Å²) in [5.74, 6) is -0.0130. The summed E-state index contributed by atoms with van der Waals surface area (Å²) in [6.07, 6.45) is 1.89. The lowest BCUT2D eigenvalue weighted by molar-refractivity contribution is -0.117. The second kappa shape index (κ2) is 11.0. The fourth-order valence-corrected chi connectivity index (χ4v) is 5.67. The Hall–Kier alpha value is -2.84. The number of anilines is 2. The Morgan fingerprint density at radius 2 is 1.75 bits per heavy atom. The maximum absolute atomic E-state index is 13.4. The molecule has 1 atom stereocenters. The van der Waals surface area contributed by atoms with E-state index in [1.165, 1.54) is 23.1 Å². The molecule has 36 heavy (non-hydrogen) atoms. The molecular weight excluding hydrogens is 533 g/mol. The van der Waals surface area contributed by atoms with Crippen LogP contribution in [0, 0.1) is 5.92 Å². The molecule has 0 aliphatic heterocycles. The van der Waals surface area contributed by atoms with E-state index < -0.39 is 5.25 Å². The van der Waals surface area contributed by atoms with Crippen molar-refractivity contribution in [3.63, 3.8) is 0 Å². The third-order valence-electron chi connectivity index (χ3n) is 5.59. The SMILES string of the molecule is O=C(Nc1cccc(SC(C(=O)Nc2nc(-c3ccc(Cl)c(Cl)c3)cs2)c2ccccc2)c1)C1CC1. The number of aromatic nitrogens is 1. The molecule has 9 heteroatoms. The Labute approximate surface area is 227 Å². The lowest BCUT2D eigenvalue weighted by atomic mass is 10.1. The first-order valence-electron chi connectivity index (χ1n) is 11.3. The van der Waals surface area contributed by atoms with Gasteiger partial charge in [0, 0.05) is 27.4 Å². The molecule has 0 spiro atoms. The molecule has 3 aromatic carbocycles. The van der Waals surface area contributed by atoms with Crippen molar-refractivity contribution in [1.29, 1.82) is 0 Å². The summed E-state index contributed by atoms with van der Waals surface area (Å²) in [7, 11) is 0. The zero-order chi connectivity index (χ0) is 25.1. The number of carbonyl (C=O) groups is 2. The number of thioether (sulfide) groups is 1. The minimum Gasteiger partial charge on any atom is -0.326 e. The van der Waals surface area contributed by atoms with Crippen molar-refractivity contribution in [1.82, 2.24) is 4.98 Å². The lowest BCUT2D eigenvalue weighted by Gasteiger charge is -2.17. The van der Waals surface area contributed by atoms with Crippen LogP contribution in [-0.2, 0) is 9.59 Å². The Morgan fingerprint density at radius 3 is 2.50 bits per heavy atom. The number of carbonyl (C=O) groups excluding carboxylic acids is 2. The summed E-state index contributed by atoms with van der Waals surface area (Å²) in [6, 6.07) is 22.5. The van der Waals surface area contributed by atoms with E-state index in [-0.39, 0.29) is 17.7 Å². The van der Waals surface area contributed by atoms with Crippen LogP contribution < -0.4 is 10.6 Å². The van der Waals surface area contributed by atoms with Gasteiger partial charge in [-0.25, -0.2) is 4.98 Å². The van der Waals surface area contributed by atoms with E-state index in [4.69, 9.17) is 23.2 Å². The van der Waals surface area contributed by atoms with Gasteiger partial charge in [0.1, 0.15) is 5.25 Å². The fourth-order valence-electron chi connectivity index (χ4n) is 3.56. The van der Waals surface area contributed by atoms with Crippen LogP contribution in [0.3, 0.4) is 0 Å². The number of amides is 2. The molecule has 1 heterocycles. The number of hydrogen-bond donors (Lipinski definition) is 2. The normalized spacial score (nSPS) is 13.7. The highest BCUT2D eigenvalue weighted by Gasteiger charge is 2.29. The monoisotopic (exact) mass is 553 g/mol. The quantitative estimate of drug-likeness (QED) is 0.217. The highest BCUT2D eigenvalue weighted by atomic mass is 35.5. The predicted molar refractivity (Wildman–Crippen MR) is 149 cm³/mol. The zero-order valence-electron chi connectivity index (χ0n) is 18.9. The first-order chi connectivity index (χ1) is 17.5. The van der Waals surface area contributed by atoms with E-state index in [1.807, 2.05) is 66.0 Å². The lowest BCUT2D eigenvalue weighted by Crippen LogP contribution is -2.19. The smallest absolute Gasteiger partial charge is 0.244 e. The van der Waals surface area contributed by atoms with E-state index in [9.17, 15) is 9.59 Å². The fraction of sp³-hybridized carbons (Fsp3) is 0.148. The highest BCUT2D eigenvalue weighted by molar-refractivity contribution is 8.00. The Kier molecular flexibility index (Phi) is 7.62. The number of rotatable bonds is 8. The third-order valence-corrected chi connectivity index (χ3v) is 8.34. The molecule has 5 rings (SSSR count). The molecule has 1 aliphatic carbocycles. The summed E-state index contributed by atoms with van der Waals surface area (Å²) in [6.45, 7) is 0. The standard InChI is InChI=1S/C27H21Cl2N3O2S2/c28-21-12-11-18(13-22(21)29)23-15-35-27(31-23)32-26(34)24(16-5-2-1-3-6-16)36-20-8-4-7-19(14-20)30-25(33)17-9-10-17/h1-8,11-15,17,24H,9-10H2,(H,30,33)(H,31,32,34). The van der Waals surface area contributed by atoms with Crippen molar-refractivity contribution in [2.24, 2.45) is 5.92 Å². The number of halogens is 2. The average Bonchev–Trinajstić information content (AvgIpc) is 3.64. The summed E-state index contributed by atoms with van der Waals surface area (Å²) >= 11 is 14.9. The number of hydrogen-bond acceptors (Lipinski definition) is 5. The summed E-state index contributed by atoms with van der Waals surface area (Å²) in [4.78, 5) is 31.1. The van der Waals surface area contributed by atoms with E-state index in [2.05, 4.69) is 15.6 Å². The van der Waals surface area contributed by atoms with Gasteiger partial charge in [-0.1, -0.05) is 65.7 Å². The molecule has 1 aliphatic rings. The first-order valence-corrected chi connectivity index (χ1v) is 13.8. The van der Waals surface area contributed by atoms with Crippen molar-refractivity contribution >= 4 is 68.9 Å². The minimum absolute atomic E-state index is 0.0519. The van der Waals surface area contributed by atoms with Gasteiger partial charge >= 0.3 is 0 Å². The van der Waals surface area contributed by atoms with Crippen LogP contribution in [-0.4, -0.2) is 16.8 Å². The zero-order valence-corrected chi connectivity index (χ0v) is 22.1. The van der Waals surface area contributed by atoms with Crippen LogP contribution in [0.4, 0.5) is 10.8 Å². The third kappa shape index (κ3) is 6.10. The molecule has 5 nitrogen and oxygen atoms in total. The van der Waals surface area contributed by atoms with E-state index in [0.29, 0.717) is 20.9 Å². The van der Waals surface area contributed by atoms with Gasteiger partial charge in [0.15, 0.2) is 5.13 Å². The summed E-state index contributed by atoms with van der Waals surface area (Å²) < 4.78 is 0. The van der Waals surface area contributed by atoms with Gasteiger partial charge in [0.05, 0.1) is 15.7 Å². The van der Waals surface area contributed by atoms with Crippen LogP contribution in [0.15, 0.2) is 83.1 Å². The second-order valence-corrected chi connectivity index (χ2v) is 11.2. The van der Waals surface area contributed by atoms with Gasteiger partial charge in [-0.15, -0.1) is 23.1 Å². The van der Waals surface area contributed by atoms with Crippen LogP contribution in [0.5, 0.6) is 0 Å². The molecule has 0 radical (unpaired) electrons. The summed E-state index contributed by atoms with van der Waals surface area (Å²) in [5, 5.41) is 8.71. The van der Waals surface area contributed by atoms with Gasteiger partial charge in [0.25, 0.3) is 0 Å². The number of thiazole rings is 1. The topological polar surface area (TPSA) is 71.1 Å². The molecule has 1 aromatic heterocycles. The van der Waals surface area contributed by atoms with Gasteiger partial charge < -0.3 is 10.6 Å². The van der Waals surface area contributed by atoms with Crippen LogP contribution in [0.2, 0.25) is 10.0 Å². The average molecular weight is 555 g/mol. The highest BCUT2D eigenvalue weighted by Crippen LogP contribution is 2.38. The maximum Gasteiger partial charge on any atom is 0.244 e. The molecule has 0 saturated heterocycles. The number of benzene rings is 3. The molecule has 1 fully saturated rings. The molecular formula is C27H21Cl2N3O2S2. The Balaban J connectivity index is 1.34.